The molecule has 2 amide bonds. The molecular formula is C22H18BrN3O4S. The van der Waals surface area contributed by atoms with Gasteiger partial charge in [0.25, 0.3) is 11.6 Å². The molecule has 0 bridgehead atoms. The number of carbonyl (C=O) groups is 2. The fourth-order valence-electron chi connectivity index (χ4n) is 2.64. The van der Waals surface area contributed by atoms with Gasteiger partial charge in [0.05, 0.1) is 15.9 Å². The number of anilines is 2. The number of non-ortho nitro benzene ring substituents is 1. The van der Waals surface area contributed by atoms with Crippen LogP contribution in [0.15, 0.2) is 82.2 Å². The molecule has 9 heteroatoms. The third-order valence-corrected chi connectivity index (χ3v) is 6.05. The molecule has 0 heterocycles. The summed E-state index contributed by atoms with van der Waals surface area (Å²) in [6.45, 7) is 1.81. The van der Waals surface area contributed by atoms with Crippen molar-refractivity contribution in [1.29, 1.82) is 0 Å². The molecule has 3 rings (SSSR count). The van der Waals surface area contributed by atoms with Crippen LogP contribution in [0.25, 0.3) is 0 Å². The van der Waals surface area contributed by atoms with Crippen molar-refractivity contribution in [2.24, 2.45) is 0 Å². The Bertz CT molecular complexity index is 1120. The standard InChI is InChI=1S/C22H18BrN3O4S/c1-14(21(27)25-20-8-3-2-7-19(20)23)31-18-11-9-16(10-12-18)24-22(28)15-5-4-6-17(13-15)26(29)30/h2-14H,1H3,(H,24,28)(H,25,27). The fourth-order valence-corrected chi connectivity index (χ4v) is 3.89. The van der Waals surface area contributed by atoms with Gasteiger partial charge in [-0.3, -0.25) is 19.7 Å². The summed E-state index contributed by atoms with van der Waals surface area (Å²) in [5.41, 5.74) is 1.31. The van der Waals surface area contributed by atoms with Gasteiger partial charge in [-0.2, -0.15) is 0 Å². The molecule has 31 heavy (non-hydrogen) atoms. The first-order valence-corrected chi connectivity index (χ1v) is 10.9. The van der Waals surface area contributed by atoms with E-state index in [4.69, 9.17) is 0 Å². The molecule has 1 unspecified atom stereocenters. The molecule has 2 N–H and O–H groups in total. The lowest BCUT2D eigenvalue weighted by molar-refractivity contribution is -0.384. The Morgan fingerprint density at radius 2 is 1.71 bits per heavy atom. The molecule has 0 saturated heterocycles. The first-order chi connectivity index (χ1) is 14.8. The van der Waals surface area contributed by atoms with Crippen molar-refractivity contribution in [3.63, 3.8) is 0 Å². The van der Waals surface area contributed by atoms with E-state index in [-0.39, 0.29) is 22.4 Å². The van der Waals surface area contributed by atoms with Crippen molar-refractivity contribution in [2.75, 3.05) is 10.6 Å². The second-order valence-electron chi connectivity index (χ2n) is 6.52. The molecule has 1 atom stereocenters. The molecule has 158 valence electrons. The number of rotatable bonds is 7. The van der Waals surface area contributed by atoms with Crippen LogP contribution in [-0.2, 0) is 4.79 Å². The Labute approximate surface area is 191 Å². The maximum atomic E-state index is 12.5. The number of hydrogen-bond acceptors (Lipinski definition) is 5. The number of carbonyl (C=O) groups excluding carboxylic acids is 2. The van der Waals surface area contributed by atoms with E-state index >= 15 is 0 Å². The number of nitrogens with zero attached hydrogens (tertiary/aromatic N) is 1. The molecule has 0 fully saturated rings. The Morgan fingerprint density at radius 1 is 1.00 bits per heavy atom. The van der Waals surface area contributed by atoms with Crippen molar-refractivity contribution in [1.82, 2.24) is 0 Å². The van der Waals surface area contributed by atoms with Crippen LogP contribution < -0.4 is 10.6 Å². The number of amides is 2. The highest BCUT2D eigenvalue weighted by Gasteiger charge is 2.16. The first-order valence-electron chi connectivity index (χ1n) is 9.21. The van der Waals surface area contributed by atoms with Crippen LogP contribution in [0, 0.1) is 10.1 Å². The van der Waals surface area contributed by atoms with Crippen LogP contribution in [0.5, 0.6) is 0 Å². The van der Waals surface area contributed by atoms with Gasteiger partial charge in [0.2, 0.25) is 5.91 Å². The number of nitro benzene ring substituents is 1. The summed E-state index contributed by atoms with van der Waals surface area (Å²) in [4.78, 5) is 36.0. The highest BCUT2D eigenvalue weighted by atomic mass is 79.9. The molecule has 0 saturated carbocycles. The second-order valence-corrected chi connectivity index (χ2v) is 8.78. The van der Waals surface area contributed by atoms with E-state index in [2.05, 4.69) is 26.6 Å². The van der Waals surface area contributed by atoms with Gasteiger partial charge in [-0.05, 0) is 65.3 Å². The van der Waals surface area contributed by atoms with Gasteiger partial charge < -0.3 is 10.6 Å². The fraction of sp³-hybridized carbons (Fsp3) is 0.0909. The maximum Gasteiger partial charge on any atom is 0.270 e. The van der Waals surface area contributed by atoms with Crippen molar-refractivity contribution < 1.29 is 14.5 Å². The van der Waals surface area contributed by atoms with Crippen LogP contribution in [0.2, 0.25) is 0 Å². The van der Waals surface area contributed by atoms with Crippen LogP contribution in [0.3, 0.4) is 0 Å². The van der Waals surface area contributed by atoms with E-state index in [0.717, 1.165) is 9.37 Å². The van der Waals surface area contributed by atoms with E-state index in [1.165, 1.54) is 36.0 Å². The SMILES string of the molecule is CC(Sc1ccc(NC(=O)c2cccc([N+](=O)[O-])c2)cc1)C(=O)Nc1ccccc1Br. The topological polar surface area (TPSA) is 101 Å². The van der Waals surface area contributed by atoms with Crippen LogP contribution >= 0.6 is 27.7 Å². The van der Waals surface area contributed by atoms with Gasteiger partial charge >= 0.3 is 0 Å². The molecular weight excluding hydrogens is 482 g/mol. The van der Waals surface area contributed by atoms with Gasteiger partial charge in [-0.25, -0.2) is 0 Å². The predicted molar refractivity (Wildman–Crippen MR) is 126 cm³/mol. The summed E-state index contributed by atoms with van der Waals surface area (Å²) < 4.78 is 0.810. The van der Waals surface area contributed by atoms with Crippen molar-refractivity contribution >= 4 is 56.6 Å². The zero-order valence-corrected chi connectivity index (χ0v) is 18.8. The molecule has 0 aliphatic carbocycles. The minimum absolute atomic E-state index is 0.125. The zero-order chi connectivity index (χ0) is 22.4. The second kappa shape index (κ2) is 10.2. The third kappa shape index (κ3) is 6.16. The number of halogens is 1. The number of thioether (sulfide) groups is 1. The first kappa shape index (κ1) is 22.5. The molecule has 0 radical (unpaired) electrons. The average molecular weight is 500 g/mol. The summed E-state index contributed by atoms with van der Waals surface area (Å²) >= 11 is 4.80. The van der Waals surface area contributed by atoms with E-state index < -0.39 is 10.8 Å². The van der Waals surface area contributed by atoms with Crippen molar-refractivity contribution in [3.05, 3.63) is 92.9 Å². The Balaban J connectivity index is 1.59. The average Bonchev–Trinajstić information content (AvgIpc) is 2.76. The lowest BCUT2D eigenvalue weighted by Gasteiger charge is -2.13. The van der Waals surface area contributed by atoms with E-state index in [0.29, 0.717) is 11.4 Å². The van der Waals surface area contributed by atoms with Gasteiger partial charge in [-0.15, -0.1) is 11.8 Å². The minimum atomic E-state index is -0.545. The summed E-state index contributed by atoms with van der Waals surface area (Å²) in [6.07, 6.45) is 0. The molecule has 3 aromatic carbocycles. The van der Waals surface area contributed by atoms with Crippen LogP contribution in [0.4, 0.5) is 17.1 Å². The van der Waals surface area contributed by atoms with Crippen molar-refractivity contribution in [2.45, 2.75) is 17.1 Å². The van der Waals surface area contributed by atoms with Gasteiger partial charge in [0.1, 0.15) is 0 Å². The Hall–Kier alpha value is -3.17. The van der Waals surface area contributed by atoms with Crippen molar-refractivity contribution in [3.8, 4) is 0 Å². The molecule has 0 aromatic heterocycles. The quantitative estimate of drug-likeness (QED) is 0.245. The van der Waals surface area contributed by atoms with Gasteiger partial charge in [0, 0.05) is 32.8 Å². The summed E-state index contributed by atoms with van der Waals surface area (Å²) in [7, 11) is 0. The lowest BCUT2D eigenvalue weighted by atomic mass is 10.2. The Morgan fingerprint density at radius 3 is 2.39 bits per heavy atom. The molecule has 3 aromatic rings. The minimum Gasteiger partial charge on any atom is -0.324 e. The monoisotopic (exact) mass is 499 g/mol. The number of para-hydroxylation sites is 1. The summed E-state index contributed by atoms with van der Waals surface area (Å²) in [5, 5.41) is 16.1. The molecule has 0 aliphatic heterocycles. The molecule has 0 aliphatic rings. The van der Waals surface area contributed by atoms with Crippen LogP contribution in [0.1, 0.15) is 17.3 Å². The smallest absolute Gasteiger partial charge is 0.270 e. The maximum absolute atomic E-state index is 12.5. The highest BCUT2D eigenvalue weighted by molar-refractivity contribution is 9.10. The number of nitro groups is 1. The lowest BCUT2D eigenvalue weighted by Crippen LogP contribution is -2.22. The predicted octanol–water partition coefficient (Wildman–Crippen LogP) is 5.73. The normalized spacial score (nSPS) is 11.4. The van der Waals surface area contributed by atoms with Crippen LogP contribution in [-0.4, -0.2) is 22.0 Å². The van der Waals surface area contributed by atoms with E-state index in [9.17, 15) is 19.7 Å². The molecule has 0 spiro atoms. The highest BCUT2D eigenvalue weighted by Crippen LogP contribution is 2.27. The number of hydrogen-bond donors (Lipinski definition) is 2. The summed E-state index contributed by atoms with van der Waals surface area (Å²) in [6, 6.07) is 20.0. The van der Waals surface area contributed by atoms with Gasteiger partial charge in [-0.1, -0.05) is 18.2 Å². The number of benzene rings is 3. The van der Waals surface area contributed by atoms with Gasteiger partial charge in [0.15, 0.2) is 0 Å². The largest absolute Gasteiger partial charge is 0.324 e. The third-order valence-electron chi connectivity index (χ3n) is 4.25. The van der Waals surface area contributed by atoms with E-state index in [1.54, 1.807) is 24.3 Å². The number of nitrogens with one attached hydrogen (secondary N) is 2. The summed E-state index contributed by atoms with van der Waals surface area (Å²) in [5.74, 6) is -0.565. The van der Waals surface area contributed by atoms with E-state index in [1.807, 2.05) is 31.2 Å². The zero-order valence-electron chi connectivity index (χ0n) is 16.4. The Kier molecular flexibility index (Phi) is 7.43. The molecule has 7 nitrogen and oxygen atoms in total.